The van der Waals surface area contributed by atoms with E-state index in [1.165, 1.54) is 16.1 Å². The Bertz CT molecular complexity index is 534. The van der Waals surface area contributed by atoms with E-state index in [1.54, 1.807) is 22.7 Å². The molecular formula is C15H22N2S2. The monoisotopic (exact) mass is 294 g/mol. The number of hydrogen-bond acceptors (Lipinski definition) is 4. The maximum atomic E-state index is 6.34. The number of thiophene rings is 1. The SMILES string of the molecule is CCc1ccsc1C(N)Cc1nc(C(C)(C)C)cs1. The minimum atomic E-state index is 0.0777. The maximum absolute atomic E-state index is 6.34. The van der Waals surface area contributed by atoms with E-state index in [-0.39, 0.29) is 11.5 Å². The highest BCUT2D eigenvalue weighted by Crippen LogP contribution is 2.29. The molecule has 0 bridgehead atoms. The van der Waals surface area contributed by atoms with Gasteiger partial charge in [0, 0.05) is 28.1 Å². The molecule has 2 aromatic rings. The van der Waals surface area contributed by atoms with Gasteiger partial charge in [0.25, 0.3) is 0 Å². The summed E-state index contributed by atoms with van der Waals surface area (Å²) in [5.74, 6) is 0. The molecule has 0 aromatic carbocycles. The summed E-state index contributed by atoms with van der Waals surface area (Å²) in [6.07, 6.45) is 1.89. The van der Waals surface area contributed by atoms with Crippen molar-refractivity contribution in [3.05, 3.63) is 38.0 Å². The molecule has 4 heteroatoms. The topological polar surface area (TPSA) is 38.9 Å². The molecule has 0 aliphatic rings. The first-order chi connectivity index (χ1) is 8.91. The number of rotatable bonds is 4. The zero-order chi connectivity index (χ0) is 14.0. The molecule has 0 spiro atoms. The standard InChI is InChI=1S/C15H22N2S2/c1-5-10-6-7-18-14(10)11(16)8-13-17-12(9-19-13)15(2,3)4/h6-7,9,11H,5,8,16H2,1-4H3. The van der Waals surface area contributed by atoms with E-state index in [1.807, 2.05) is 0 Å². The molecule has 0 amide bonds. The second kappa shape index (κ2) is 5.73. The summed E-state index contributed by atoms with van der Waals surface area (Å²) in [4.78, 5) is 6.04. The van der Waals surface area contributed by atoms with Gasteiger partial charge >= 0.3 is 0 Å². The lowest BCUT2D eigenvalue weighted by atomic mass is 9.93. The van der Waals surface area contributed by atoms with Crippen molar-refractivity contribution in [2.24, 2.45) is 5.73 Å². The van der Waals surface area contributed by atoms with Crippen molar-refractivity contribution in [2.75, 3.05) is 0 Å². The molecule has 2 heterocycles. The molecule has 2 rings (SSSR count). The Hall–Kier alpha value is -0.710. The number of aryl methyl sites for hydroxylation is 1. The second-order valence-corrected chi connectivity index (χ2v) is 7.74. The van der Waals surface area contributed by atoms with Crippen LogP contribution in [0.25, 0.3) is 0 Å². The van der Waals surface area contributed by atoms with Crippen molar-refractivity contribution in [3.63, 3.8) is 0 Å². The highest BCUT2D eigenvalue weighted by atomic mass is 32.1. The first kappa shape index (κ1) is 14.7. The van der Waals surface area contributed by atoms with E-state index >= 15 is 0 Å². The molecule has 1 unspecified atom stereocenters. The van der Waals surface area contributed by atoms with E-state index < -0.39 is 0 Å². The van der Waals surface area contributed by atoms with Crippen molar-refractivity contribution in [3.8, 4) is 0 Å². The van der Waals surface area contributed by atoms with Crippen molar-refractivity contribution in [1.82, 2.24) is 4.98 Å². The van der Waals surface area contributed by atoms with Crippen LogP contribution in [-0.2, 0) is 18.3 Å². The molecule has 2 N–H and O–H groups in total. The van der Waals surface area contributed by atoms with E-state index in [0.717, 1.165) is 17.8 Å². The number of hydrogen-bond donors (Lipinski definition) is 1. The molecular weight excluding hydrogens is 272 g/mol. The minimum Gasteiger partial charge on any atom is -0.323 e. The van der Waals surface area contributed by atoms with Gasteiger partial charge in [-0.05, 0) is 23.4 Å². The van der Waals surface area contributed by atoms with Gasteiger partial charge < -0.3 is 5.73 Å². The van der Waals surface area contributed by atoms with Crippen molar-refractivity contribution < 1.29 is 0 Å². The number of nitrogens with two attached hydrogens (primary N) is 1. The van der Waals surface area contributed by atoms with Crippen molar-refractivity contribution in [1.29, 1.82) is 0 Å². The Morgan fingerprint density at radius 2 is 2.05 bits per heavy atom. The molecule has 0 saturated heterocycles. The highest BCUT2D eigenvalue weighted by Gasteiger charge is 2.19. The van der Waals surface area contributed by atoms with Crippen LogP contribution in [0, 0.1) is 0 Å². The molecule has 1 atom stereocenters. The van der Waals surface area contributed by atoms with Crippen molar-refractivity contribution >= 4 is 22.7 Å². The van der Waals surface area contributed by atoms with Crippen LogP contribution in [0.4, 0.5) is 0 Å². The summed E-state index contributed by atoms with van der Waals surface area (Å²) >= 11 is 3.49. The average molecular weight is 294 g/mol. The molecule has 104 valence electrons. The van der Waals surface area contributed by atoms with Crippen LogP contribution in [-0.4, -0.2) is 4.98 Å². The lowest BCUT2D eigenvalue weighted by molar-refractivity contribution is 0.569. The summed E-state index contributed by atoms with van der Waals surface area (Å²) in [6, 6.07) is 2.26. The van der Waals surface area contributed by atoms with Gasteiger partial charge in [-0.2, -0.15) is 0 Å². The maximum Gasteiger partial charge on any atom is 0.0947 e. The third-order valence-corrected chi connectivity index (χ3v) is 5.18. The van der Waals surface area contributed by atoms with Crippen LogP contribution >= 0.6 is 22.7 Å². The average Bonchev–Trinajstić information content (AvgIpc) is 2.95. The Morgan fingerprint density at radius 1 is 1.32 bits per heavy atom. The third kappa shape index (κ3) is 3.44. The number of aromatic nitrogens is 1. The van der Waals surface area contributed by atoms with Gasteiger partial charge in [-0.15, -0.1) is 22.7 Å². The number of nitrogens with zero attached hydrogens (tertiary/aromatic N) is 1. The lowest BCUT2D eigenvalue weighted by Gasteiger charge is -2.14. The Balaban J connectivity index is 2.11. The van der Waals surface area contributed by atoms with Gasteiger partial charge in [-0.1, -0.05) is 27.7 Å². The summed E-state index contributed by atoms with van der Waals surface area (Å²) in [5.41, 5.74) is 9.01. The predicted octanol–water partition coefficient (Wildman–Crippen LogP) is 4.31. The zero-order valence-corrected chi connectivity index (χ0v) is 13.7. The van der Waals surface area contributed by atoms with Gasteiger partial charge in [0.15, 0.2) is 0 Å². The molecule has 0 fully saturated rings. The van der Waals surface area contributed by atoms with Gasteiger partial charge in [0.1, 0.15) is 0 Å². The van der Waals surface area contributed by atoms with E-state index in [4.69, 9.17) is 10.7 Å². The fraction of sp³-hybridized carbons (Fsp3) is 0.533. The lowest BCUT2D eigenvalue weighted by Crippen LogP contribution is -2.15. The zero-order valence-electron chi connectivity index (χ0n) is 12.1. The van der Waals surface area contributed by atoms with Crippen LogP contribution in [0.1, 0.15) is 54.9 Å². The normalized spacial score (nSPS) is 13.7. The van der Waals surface area contributed by atoms with Crippen LogP contribution in [0.2, 0.25) is 0 Å². The van der Waals surface area contributed by atoms with E-state index in [0.29, 0.717) is 0 Å². The van der Waals surface area contributed by atoms with Crippen LogP contribution < -0.4 is 5.73 Å². The van der Waals surface area contributed by atoms with Gasteiger partial charge in [-0.3, -0.25) is 0 Å². The van der Waals surface area contributed by atoms with Crippen molar-refractivity contribution in [2.45, 2.75) is 52.0 Å². The molecule has 0 radical (unpaired) electrons. The fourth-order valence-electron chi connectivity index (χ4n) is 1.99. The molecule has 0 aliphatic carbocycles. The molecule has 0 saturated carbocycles. The first-order valence-corrected chi connectivity index (χ1v) is 8.44. The molecule has 19 heavy (non-hydrogen) atoms. The van der Waals surface area contributed by atoms with E-state index in [2.05, 4.69) is 44.5 Å². The van der Waals surface area contributed by atoms with E-state index in [9.17, 15) is 0 Å². The Labute approximate surface area is 123 Å². The smallest absolute Gasteiger partial charge is 0.0947 e. The second-order valence-electron chi connectivity index (χ2n) is 5.85. The van der Waals surface area contributed by atoms with Crippen LogP contribution in [0.3, 0.4) is 0 Å². The molecule has 2 nitrogen and oxygen atoms in total. The first-order valence-electron chi connectivity index (χ1n) is 6.68. The highest BCUT2D eigenvalue weighted by molar-refractivity contribution is 7.10. The summed E-state index contributed by atoms with van der Waals surface area (Å²) < 4.78 is 0. The van der Waals surface area contributed by atoms with Crippen LogP contribution in [0.15, 0.2) is 16.8 Å². The number of thiazole rings is 1. The summed E-state index contributed by atoms with van der Waals surface area (Å²) in [7, 11) is 0. The summed E-state index contributed by atoms with van der Waals surface area (Å²) in [5, 5.41) is 5.45. The predicted molar refractivity (Wildman–Crippen MR) is 85.1 cm³/mol. The Kier molecular flexibility index (Phi) is 4.43. The minimum absolute atomic E-state index is 0.0777. The van der Waals surface area contributed by atoms with Gasteiger partial charge in [0.2, 0.25) is 0 Å². The fourth-order valence-corrected chi connectivity index (χ4v) is 4.08. The Morgan fingerprint density at radius 3 is 2.63 bits per heavy atom. The molecule has 0 aliphatic heterocycles. The van der Waals surface area contributed by atoms with Crippen LogP contribution in [0.5, 0.6) is 0 Å². The van der Waals surface area contributed by atoms with Gasteiger partial charge in [0.05, 0.1) is 10.7 Å². The molecule has 2 aromatic heterocycles. The van der Waals surface area contributed by atoms with Gasteiger partial charge in [-0.25, -0.2) is 4.98 Å². The summed E-state index contributed by atoms with van der Waals surface area (Å²) in [6.45, 7) is 8.76. The largest absolute Gasteiger partial charge is 0.323 e. The third-order valence-electron chi connectivity index (χ3n) is 3.21. The quantitative estimate of drug-likeness (QED) is 0.912.